The third-order valence-corrected chi connectivity index (χ3v) is 4.85. The van der Waals surface area contributed by atoms with Crippen LogP contribution in [0.2, 0.25) is 0 Å². The maximum Gasteiger partial charge on any atom is 0.305 e. The summed E-state index contributed by atoms with van der Waals surface area (Å²) >= 11 is 0. The van der Waals surface area contributed by atoms with Crippen molar-refractivity contribution in [1.82, 2.24) is 9.88 Å². The van der Waals surface area contributed by atoms with Crippen LogP contribution in [-0.4, -0.2) is 52.7 Å². The number of rotatable bonds is 5. The normalized spacial score (nSPS) is 15.2. The Balaban J connectivity index is 1.94. The van der Waals surface area contributed by atoms with Crippen molar-refractivity contribution in [2.75, 3.05) is 19.8 Å². The maximum atomic E-state index is 13.2. The monoisotopic (exact) mass is 356 g/mol. The second kappa shape index (κ2) is 7.83. The van der Waals surface area contributed by atoms with Gasteiger partial charge in [0.25, 0.3) is 5.91 Å². The molecule has 0 atom stereocenters. The van der Waals surface area contributed by atoms with E-state index >= 15 is 0 Å². The molecule has 0 spiro atoms. The molecule has 1 aromatic heterocycles. The summed E-state index contributed by atoms with van der Waals surface area (Å²) in [4.78, 5) is 30.6. The molecule has 0 aliphatic carbocycles. The molecule has 1 aliphatic rings. The van der Waals surface area contributed by atoms with Crippen molar-refractivity contribution in [2.45, 2.75) is 39.2 Å². The van der Waals surface area contributed by atoms with Crippen LogP contribution in [0.15, 0.2) is 24.3 Å². The standard InChI is InChI=1S/C20H24N2O4/c1-13-3-4-15-12-17(14(2)21-18(15)11-13)20(25)22(8-5-19(23)24)16-6-9-26-10-7-16/h3-4,11-12,16H,5-10H2,1-2H3,(H,23,24). The van der Waals surface area contributed by atoms with E-state index < -0.39 is 5.97 Å². The van der Waals surface area contributed by atoms with Crippen molar-refractivity contribution in [1.29, 1.82) is 0 Å². The number of aryl methyl sites for hydroxylation is 2. The number of carbonyl (C=O) groups is 2. The Labute approximate surface area is 152 Å². The van der Waals surface area contributed by atoms with Gasteiger partial charge in [0.05, 0.1) is 23.2 Å². The molecule has 0 unspecified atom stereocenters. The Morgan fingerprint density at radius 1 is 1.23 bits per heavy atom. The fraction of sp³-hybridized carbons (Fsp3) is 0.450. The van der Waals surface area contributed by atoms with Gasteiger partial charge in [-0.3, -0.25) is 14.6 Å². The molecule has 1 saturated heterocycles. The van der Waals surface area contributed by atoms with E-state index in [0.717, 1.165) is 29.3 Å². The summed E-state index contributed by atoms with van der Waals surface area (Å²) in [5.74, 6) is -1.05. The first-order valence-electron chi connectivity index (χ1n) is 8.94. The van der Waals surface area contributed by atoms with Crippen LogP contribution in [0.5, 0.6) is 0 Å². The number of fused-ring (bicyclic) bond motifs is 1. The maximum absolute atomic E-state index is 13.2. The lowest BCUT2D eigenvalue weighted by atomic mass is 10.0. The summed E-state index contributed by atoms with van der Waals surface area (Å²) in [6, 6.07) is 7.82. The third kappa shape index (κ3) is 4.02. The van der Waals surface area contributed by atoms with Gasteiger partial charge in [-0.2, -0.15) is 0 Å². The van der Waals surface area contributed by atoms with Crippen LogP contribution in [0.3, 0.4) is 0 Å². The molecule has 26 heavy (non-hydrogen) atoms. The molecule has 0 radical (unpaired) electrons. The number of amides is 1. The predicted molar refractivity (Wildman–Crippen MR) is 98.3 cm³/mol. The highest BCUT2D eigenvalue weighted by molar-refractivity contribution is 5.99. The summed E-state index contributed by atoms with van der Waals surface area (Å²) in [6.45, 7) is 5.22. The van der Waals surface area contributed by atoms with Crippen molar-refractivity contribution < 1.29 is 19.4 Å². The fourth-order valence-corrected chi connectivity index (χ4v) is 3.41. The average molecular weight is 356 g/mol. The van der Waals surface area contributed by atoms with E-state index in [0.29, 0.717) is 24.5 Å². The van der Waals surface area contributed by atoms with Crippen LogP contribution >= 0.6 is 0 Å². The van der Waals surface area contributed by atoms with Gasteiger partial charge in [0, 0.05) is 31.2 Å². The Kier molecular flexibility index (Phi) is 5.52. The summed E-state index contributed by atoms with van der Waals surface area (Å²) in [5.41, 5.74) is 3.19. The zero-order valence-electron chi connectivity index (χ0n) is 15.2. The SMILES string of the molecule is Cc1ccc2cc(C(=O)N(CCC(=O)O)C3CCOCC3)c(C)nc2c1. The Morgan fingerprint density at radius 2 is 1.96 bits per heavy atom. The van der Waals surface area contributed by atoms with E-state index in [4.69, 9.17) is 9.84 Å². The van der Waals surface area contributed by atoms with E-state index in [2.05, 4.69) is 4.98 Å². The summed E-state index contributed by atoms with van der Waals surface area (Å²) < 4.78 is 5.39. The number of hydrogen-bond donors (Lipinski definition) is 1. The number of pyridine rings is 1. The molecule has 1 amide bonds. The molecule has 3 rings (SSSR count). The molecule has 138 valence electrons. The summed E-state index contributed by atoms with van der Waals surface area (Å²) in [5, 5.41) is 9.97. The molecule has 1 aliphatic heterocycles. The van der Waals surface area contributed by atoms with E-state index in [-0.39, 0.29) is 24.9 Å². The van der Waals surface area contributed by atoms with Crippen molar-refractivity contribution in [3.8, 4) is 0 Å². The lowest BCUT2D eigenvalue weighted by Gasteiger charge is -2.34. The van der Waals surface area contributed by atoms with Crippen LogP contribution in [0.4, 0.5) is 0 Å². The van der Waals surface area contributed by atoms with Gasteiger partial charge in [-0.25, -0.2) is 0 Å². The molecule has 2 aromatic rings. The van der Waals surface area contributed by atoms with Gasteiger partial charge >= 0.3 is 5.97 Å². The molecule has 1 aromatic carbocycles. The van der Waals surface area contributed by atoms with E-state index in [1.807, 2.05) is 38.1 Å². The number of aromatic nitrogens is 1. The predicted octanol–water partition coefficient (Wildman–Crippen LogP) is 2.95. The molecule has 6 nitrogen and oxygen atoms in total. The quantitative estimate of drug-likeness (QED) is 0.891. The highest BCUT2D eigenvalue weighted by Gasteiger charge is 2.28. The van der Waals surface area contributed by atoms with Crippen LogP contribution in [0.25, 0.3) is 10.9 Å². The lowest BCUT2D eigenvalue weighted by molar-refractivity contribution is -0.137. The number of aliphatic carboxylic acids is 1. The Bertz CT molecular complexity index is 828. The first-order chi connectivity index (χ1) is 12.5. The second-order valence-corrected chi connectivity index (χ2v) is 6.80. The number of ether oxygens (including phenoxy) is 1. The van der Waals surface area contributed by atoms with Crippen molar-refractivity contribution in [2.24, 2.45) is 0 Å². The van der Waals surface area contributed by atoms with E-state index in [1.165, 1.54) is 0 Å². The van der Waals surface area contributed by atoms with Gasteiger partial charge in [-0.1, -0.05) is 12.1 Å². The van der Waals surface area contributed by atoms with Gasteiger partial charge < -0.3 is 14.7 Å². The van der Waals surface area contributed by atoms with Gasteiger partial charge in [0.2, 0.25) is 0 Å². The third-order valence-electron chi connectivity index (χ3n) is 4.85. The van der Waals surface area contributed by atoms with Gasteiger partial charge in [0.1, 0.15) is 0 Å². The highest BCUT2D eigenvalue weighted by atomic mass is 16.5. The number of benzene rings is 1. The number of carboxylic acid groups (broad SMARTS) is 1. The largest absolute Gasteiger partial charge is 0.481 e. The van der Waals surface area contributed by atoms with E-state index in [9.17, 15) is 9.59 Å². The molecule has 1 N–H and O–H groups in total. The number of carboxylic acids is 1. The van der Waals surface area contributed by atoms with Crippen LogP contribution in [-0.2, 0) is 9.53 Å². The minimum absolute atomic E-state index is 0.00344. The minimum atomic E-state index is -0.904. The molecular weight excluding hydrogens is 332 g/mol. The van der Waals surface area contributed by atoms with E-state index in [1.54, 1.807) is 4.90 Å². The zero-order chi connectivity index (χ0) is 18.7. The minimum Gasteiger partial charge on any atom is -0.481 e. The summed E-state index contributed by atoms with van der Waals surface area (Å²) in [6.07, 6.45) is 1.39. The molecule has 6 heteroatoms. The lowest BCUT2D eigenvalue weighted by Crippen LogP contribution is -2.44. The highest BCUT2D eigenvalue weighted by Crippen LogP contribution is 2.23. The first-order valence-corrected chi connectivity index (χ1v) is 8.94. The van der Waals surface area contributed by atoms with Crippen LogP contribution in [0.1, 0.15) is 40.9 Å². The fourth-order valence-electron chi connectivity index (χ4n) is 3.41. The Hall–Kier alpha value is -2.47. The topological polar surface area (TPSA) is 79.7 Å². The Morgan fingerprint density at radius 3 is 2.65 bits per heavy atom. The van der Waals surface area contributed by atoms with Crippen molar-refractivity contribution in [3.63, 3.8) is 0 Å². The number of nitrogens with zero attached hydrogens (tertiary/aromatic N) is 2. The smallest absolute Gasteiger partial charge is 0.305 e. The van der Waals surface area contributed by atoms with Gasteiger partial charge in [-0.05, 0) is 44.4 Å². The molecule has 2 heterocycles. The van der Waals surface area contributed by atoms with Crippen molar-refractivity contribution in [3.05, 3.63) is 41.1 Å². The van der Waals surface area contributed by atoms with Crippen LogP contribution in [0, 0.1) is 13.8 Å². The van der Waals surface area contributed by atoms with Crippen molar-refractivity contribution >= 4 is 22.8 Å². The average Bonchev–Trinajstić information content (AvgIpc) is 2.61. The number of carbonyl (C=O) groups excluding carboxylic acids is 1. The first kappa shape index (κ1) is 18.3. The number of hydrogen-bond acceptors (Lipinski definition) is 4. The van der Waals surface area contributed by atoms with Crippen LogP contribution < -0.4 is 0 Å². The van der Waals surface area contributed by atoms with Gasteiger partial charge in [-0.15, -0.1) is 0 Å². The molecule has 0 bridgehead atoms. The molecule has 1 fully saturated rings. The second-order valence-electron chi connectivity index (χ2n) is 6.80. The molecule has 0 saturated carbocycles. The molecular formula is C20H24N2O4. The van der Waals surface area contributed by atoms with Gasteiger partial charge in [0.15, 0.2) is 0 Å². The summed E-state index contributed by atoms with van der Waals surface area (Å²) in [7, 11) is 0. The zero-order valence-corrected chi connectivity index (χ0v) is 15.2.